The summed E-state index contributed by atoms with van der Waals surface area (Å²) in [5, 5.41) is 15.4. The van der Waals surface area contributed by atoms with E-state index in [1.165, 1.54) is 12.4 Å². The lowest BCUT2D eigenvalue weighted by molar-refractivity contribution is 0.102. The SMILES string of the molecule is N#Cc1cccc(Nc2cnc(C(=O)Nc3cc(Cl)cc(Cl)c3)cn2)c1. The first kappa shape index (κ1) is 17.7. The topological polar surface area (TPSA) is 90.7 Å². The summed E-state index contributed by atoms with van der Waals surface area (Å²) in [4.78, 5) is 20.5. The normalized spacial score (nSPS) is 10.0. The summed E-state index contributed by atoms with van der Waals surface area (Å²) in [6, 6.07) is 13.7. The van der Waals surface area contributed by atoms with Crippen LogP contribution in [0.5, 0.6) is 0 Å². The third kappa shape index (κ3) is 4.48. The lowest BCUT2D eigenvalue weighted by Crippen LogP contribution is -2.14. The van der Waals surface area contributed by atoms with Crippen molar-refractivity contribution in [2.24, 2.45) is 0 Å². The molecular weight excluding hydrogens is 373 g/mol. The van der Waals surface area contributed by atoms with Crippen molar-refractivity contribution in [3.8, 4) is 6.07 Å². The highest BCUT2D eigenvalue weighted by Gasteiger charge is 2.10. The number of anilines is 3. The van der Waals surface area contributed by atoms with E-state index in [1.54, 1.807) is 42.5 Å². The average molecular weight is 384 g/mol. The second kappa shape index (κ2) is 7.83. The Morgan fingerprint density at radius 1 is 1.00 bits per heavy atom. The van der Waals surface area contributed by atoms with Gasteiger partial charge in [0.05, 0.1) is 24.0 Å². The number of hydrogen-bond donors (Lipinski definition) is 2. The summed E-state index contributed by atoms with van der Waals surface area (Å²) in [5.41, 5.74) is 1.82. The minimum absolute atomic E-state index is 0.137. The Hall–Kier alpha value is -3.14. The van der Waals surface area contributed by atoms with Crippen LogP contribution < -0.4 is 10.6 Å². The second-order valence-electron chi connectivity index (χ2n) is 5.22. The molecule has 0 saturated carbocycles. The second-order valence-corrected chi connectivity index (χ2v) is 6.09. The van der Waals surface area contributed by atoms with E-state index >= 15 is 0 Å². The molecule has 0 aliphatic rings. The highest BCUT2D eigenvalue weighted by Crippen LogP contribution is 2.23. The molecular formula is C18H11Cl2N5O. The van der Waals surface area contributed by atoms with Crippen LogP contribution in [0.2, 0.25) is 10.0 Å². The Morgan fingerprint density at radius 3 is 2.42 bits per heavy atom. The summed E-state index contributed by atoms with van der Waals surface area (Å²) in [7, 11) is 0. The fourth-order valence-electron chi connectivity index (χ4n) is 2.15. The van der Waals surface area contributed by atoms with Crippen LogP contribution in [-0.4, -0.2) is 15.9 Å². The quantitative estimate of drug-likeness (QED) is 0.683. The molecule has 0 fully saturated rings. The van der Waals surface area contributed by atoms with E-state index in [4.69, 9.17) is 28.5 Å². The first-order valence-electron chi connectivity index (χ1n) is 7.40. The summed E-state index contributed by atoms with van der Waals surface area (Å²) in [6.07, 6.45) is 2.77. The highest BCUT2D eigenvalue weighted by molar-refractivity contribution is 6.35. The summed E-state index contributed by atoms with van der Waals surface area (Å²) < 4.78 is 0. The number of nitrogens with zero attached hydrogens (tertiary/aromatic N) is 3. The van der Waals surface area contributed by atoms with Gasteiger partial charge < -0.3 is 10.6 Å². The maximum Gasteiger partial charge on any atom is 0.275 e. The number of nitrogens with one attached hydrogen (secondary N) is 2. The van der Waals surface area contributed by atoms with Crippen LogP contribution in [0.25, 0.3) is 0 Å². The van der Waals surface area contributed by atoms with Gasteiger partial charge in [-0.3, -0.25) is 4.79 Å². The number of amides is 1. The molecule has 0 aliphatic carbocycles. The van der Waals surface area contributed by atoms with Crippen LogP contribution in [0.4, 0.5) is 17.2 Å². The van der Waals surface area contributed by atoms with E-state index < -0.39 is 5.91 Å². The monoisotopic (exact) mass is 383 g/mol. The number of carbonyl (C=O) groups is 1. The van der Waals surface area contributed by atoms with Crippen molar-refractivity contribution < 1.29 is 4.79 Å². The van der Waals surface area contributed by atoms with Gasteiger partial charge in [-0.1, -0.05) is 29.3 Å². The van der Waals surface area contributed by atoms with Crippen LogP contribution in [0.3, 0.4) is 0 Å². The molecule has 8 heteroatoms. The van der Waals surface area contributed by atoms with Crippen LogP contribution >= 0.6 is 23.2 Å². The van der Waals surface area contributed by atoms with Gasteiger partial charge in [0.2, 0.25) is 0 Å². The zero-order valence-corrected chi connectivity index (χ0v) is 14.7. The zero-order chi connectivity index (χ0) is 18.5. The van der Waals surface area contributed by atoms with Gasteiger partial charge in [-0.25, -0.2) is 9.97 Å². The molecule has 1 aromatic heterocycles. The molecule has 1 heterocycles. The number of rotatable bonds is 4. The van der Waals surface area contributed by atoms with Crippen molar-refractivity contribution in [1.29, 1.82) is 5.26 Å². The van der Waals surface area contributed by atoms with Crippen molar-refractivity contribution in [3.05, 3.63) is 76.2 Å². The molecule has 0 aliphatic heterocycles. The number of hydrogen-bond acceptors (Lipinski definition) is 5. The van der Waals surface area contributed by atoms with Crippen molar-refractivity contribution >= 4 is 46.3 Å². The smallest absolute Gasteiger partial charge is 0.275 e. The van der Waals surface area contributed by atoms with E-state index in [0.29, 0.717) is 32.8 Å². The first-order chi connectivity index (χ1) is 12.5. The summed E-state index contributed by atoms with van der Waals surface area (Å²) in [5.74, 6) is 0.0105. The largest absolute Gasteiger partial charge is 0.339 e. The number of halogens is 2. The van der Waals surface area contributed by atoms with Crippen molar-refractivity contribution in [2.45, 2.75) is 0 Å². The molecule has 0 saturated heterocycles. The Bertz CT molecular complexity index is 979. The van der Waals surface area contributed by atoms with Crippen LogP contribution in [0.1, 0.15) is 16.1 Å². The number of nitriles is 1. The highest BCUT2D eigenvalue weighted by atomic mass is 35.5. The molecule has 0 atom stereocenters. The molecule has 3 rings (SSSR count). The Morgan fingerprint density at radius 2 is 1.77 bits per heavy atom. The van der Waals surface area contributed by atoms with Gasteiger partial charge in [-0.2, -0.15) is 5.26 Å². The molecule has 0 bridgehead atoms. The maximum atomic E-state index is 12.2. The van der Waals surface area contributed by atoms with E-state index in [9.17, 15) is 4.79 Å². The van der Waals surface area contributed by atoms with Crippen molar-refractivity contribution in [2.75, 3.05) is 10.6 Å². The Kier molecular flexibility index (Phi) is 5.32. The summed E-state index contributed by atoms with van der Waals surface area (Å²) in [6.45, 7) is 0. The third-order valence-electron chi connectivity index (χ3n) is 3.27. The first-order valence-corrected chi connectivity index (χ1v) is 8.16. The van der Waals surface area contributed by atoms with E-state index in [0.717, 1.165) is 0 Å². The Labute approximate surface area is 159 Å². The van der Waals surface area contributed by atoms with Gasteiger partial charge in [0, 0.05) is 21.4 Å². The Balaban J connectivity index is 1.70. The number of carbonyl (C=O) groups excluding carboxylic acids is 1. The van der Waals surface area contributed by atoms with Crippen molar-refractivity contribution in [1.82, 2.24) is 9.97 Å². The fraction of sp³-hybridized carbons (Fsp3) is 0. The average Bonchev–Trinajstić information content (AvgIpc) is 2.61. The predicted octanol–water partition coefficient (Wildman–Crippen LogP) is 4.65. The van der Waals surface area contributed by atoms with E-state index in [2.05, 4.69) is 26.7 Å². The lowest BCUT2D eigenvalue weighted by atomic mass is 10.2. The van der Waals surface area contributed by atoms with Gasteiger partial charge >= 0.3 is 0 Å². The molecule has 0 unspecified atom stereocenters. The van der Waals surface area contributed by atoms with E-state index in [-0.39, 0.29) is 5.69 Å². The maximum absolute atomic E-state index is 12.2. The van der Waals surface area contributed by atoms with Gasteiger partial charge in [0.25, 0.3) is 5.91 Å². The molecule has 2 aromatic carbocycles. The molecule has 3 aromatic rings. The fourth-order valence-corrected chi connectivity index (χ4v) is 2.67. The lowest BCUT2D eigenvalue weighted by Gasteiger charge is -2.08. The molecule has 26 heavy (non-hydrogen) atoms. The van der Waals surface area contributed by atoms with Gasteiger partial charge in [0.1, 0.15) is 11.5 Å². The van der Waals surface area contributed by atoms with Gasteiger partial charge in [-0.15, -0.1) is 0 Å². The molecule has 128 valence electrons. The minimum atomic E-state index is -0.436. The molecule has 0 spiro atoms. The molecule has 0 radical (unpaired) electrons. The van der Waals surface area contributed by atoms with Gasteiger partial charge in [-0.05, 0) is 36.4 Å². The number of aromatic nitrogens is 2. The summed E-state index contributed by atoms with van der Waals surface area (Å²) >= 11 is 11.8. The standard InChI is InChI=1S/C18H11Cl2N5O/c19-12-5-13(20)7-15(6-12)25-18(26)16-9-23-17(10-22-16)24-14-3-1-2-11(4-14)8-21/h1-7,9-10H,(H,23,24)(H,25,26). The van der Waals surface area contributed by atoms with Crippen LogP contribution in [0.15, 0.2) is 54.9 Å². The van der Waals surface area contributed by atoms with Gasteiger partial charge in [0.15, 0.2) is 0 Å². The van der Waals surface area contributed by atoms with E-state index in [1.807, 2.05) is 0 Å². The molecule has 6 nitrogen and oxygen atoms in total. The molecule has 1 amide bonds. The minimum Gasteiger partial charge on any atom is -0.339 e. The number of benzene rings is 2. The third-order valence-corrected chi connectivity index (χ3v) is 3.71. The van der Waals surface area contributed by atoms with Crippen LogP contribution in [0, 0.1) is 11.3 Å². The predicted molar refractivity (Wildman–Crippen MR) is 101 cm³/mol. The zero-order valence-electron chi connectivity index (χ0n) is 13.2. The van der Waals surface area contributed by atoms with Crippen LogP contribution in [-0.2, 0) is 0 Å². The van der Waals surface area contributed by atoms with Crippen molar-refractivity contribution in [3.63, 3.8) is 0 Å². The molecule has 2 N–H and O–H groups in total.